The Labute approximate surface area is 159 Å². The van der Waals surface area contributed by atoms with Crippen LogP contribution in [0.3, 0.4) is 0 Å². The Hall–Kier alpha value is -3.08. The lowest BCUT2D eigenvalue weighted by atomic mass is 10.1. The van der Waals surface area contributed by atoms with E-state index < -0.39 is 5.97 Å². The van der Waals surface area contributed by atoms with Crippen LogP contribution in [0.1, 0.15) is 38.3 Å². The fourth-order valence-electron chi connectivity index (χ4n) is 2.55. The maximum absolute atomic E-state index is 12.2. The van der Waals surface area contributed by atoms with Gasteiger partial charge in [0, 0.05) is 5.56 Å². The number of carbonyl (C=O) groups excluding carboxylic acids is 1. The number of aliphatic imine (C=N–C) groups is 1. The molecule has 0 fully saturated rings. The average Bonchev–Trinajstić information content (AvgIpc) is 3.05. The lowest BCUT2D eigenvalue weighted by Gasteiger charge is -2.16. The molecule has 0 aliphatic carbocycles. The quantitative estimate of drug-likeness (QED) is 0.531. The van der Waals surface area contributed by atoms with Crippen molar-refractivity contribution in [1.29, 1.82) is 0 Å². The normalized spacial score (nSPS) is 16.0. The lowest BCUT2D eigenvalue weighted by Crippen LogP contribution is -2.10. The summed E-state index contributed by atoms with van der Waals surface area (Å²) in [6, 6.07) is 14.9. The van der Waals surface area contributed by atoms with Crippen LogP contribution in [-0.4, -0.2) is 24.6 Å². The number of nitrogens with zero attached hydrogens (tertiary/aromatic N) is 1. The minimum Gasteiger partial charge on any atom is -0.490 e. The van der Waals surface area contributed by atoms with Crippen LogP contribution < -0.4 is 9.47 Å². The van der Waals surface area contributed by atoms with Crippen molar-refractivity contribution in [2.45, 2.75) is 33.3 Å². The molecule has 0 saturated carbocycles. The molecule has 1 aliphatic rings. The Morgan fingerprint density at radius 3 is 2.59 bits per heavy atom. The van der Waals surface area contributed by atoms with Crippen molar-refractivity contribution in [3.05, 3.63) is 65.4 Å². The van der Waals surface area contributed by atoms with Gasteiger partial charge in [-0.25, -0.2) is 9.79 Å². The Morgan fingerprint density at radius 1 is 1.11 bits per heavy atom. The number of benzene rings is 2. The zero-order valence-electron chi connectivity index (χ0n) is 15.8. The molecule has 140 valence electrons. The fourth-order valence-corrected chi connectivity index (χ4v) is 2.55. The van der Waals surface area contributed by atoms with E-state index in [-0.39, 0.29) is 11.8 Å². The van der Waals surface area contributed by atoms with Gasteiger partial charge in [-0.15, -0.1) is 0 Å². The lowest BCUT2D eigenvalue weighted by molar-refractivity contribution is -0.129. The molecule has 0 radical (unpaired) electrons. The van der Waals surface area contributed by atoms with Gasteiger partial charge in [-0.2, -0.15) is 0 Å². The molecule has 1 atom stereocenters. The highest BCUT2D eigenvalue weighted by molar-refractivity contribution is 6.12. The largest absolute Gasteiger partial charge is 0.490 e. The van der Waals surface area contributed by atoms with E-state index >= 15 is 0 Å². The summed E-state index contributed by atoms with van der Waals surface area (Å²) in [6.45, 7) is 6.52. The Kier molecular flexibility index (Phi) is 5.91. The first-order chi connectivity index (χ1) is 13.1. The highest BCUT2D eigenvalue weighted by Gasteiger charge is 2.24. The molecule has 1 aliphatic heterocycles. The van der Waals surface area contributed by atoms with Crippen LogP contribution in [-0.2, 0) is 9.53 Å². The van der Waals surface area contributed by atoms with Gasteiger partial charge in [0.25, 0.3) is 0 Å². The number of hydrogen-bond donors (Lipinski definition) is 0. The predicted molar refractivity (Wildman–Crippen MR) is 105 cm³/mol. The molecular formula is C22H23NO4. The van der Waals surface area contributed by atoms with Crippen LogP contribution in [0.4, 0.5) is 0 Å². The second kappa shape index (κ2) is 8.54. The van der Waals surface area contributed by atoms with Gasteiger partial charge in [0.2, 0.25) is 5.90 Å². The highest BCUT2D eigenvalue weighted by Crippen LogP contribution is 2.31. The van der Waals surface area contributed by atoms with Crippen LogP contribution >= 0.6 is 0 Å². The van der Waals surface area contributed by atoms with Gasteiger partial charge in [-0.1, -0.05) is 31.2 Å². The van der Waals surface area contributed by atoms with E-state index in [2.05, 4.69) is 11.9 Å². The Morgan fingerprint density at radius 2 is 1.89 bits per heavy atom. The monoisotopic (exact) mass is 365 g/mol. The van der Waals surface area contributed by atoms with E-state index in [4.69, 9.17) is 14.2 Å². The van der Waals surface area contributed by atoms with Gasteiger partial charge in [0.15, 0.2) is 17.2 Å². The zero-order valence-corrected chi connectivity index (χ0v) is 15.8. The van der Waals surface area contributed by atoms with Crippen LogP contribution in [0, 0.1) is 0 Å². The summed E-state index contributed by atoms with van der Waals surface area (Å²) in [5, 5.41) is 0. The Bertz CT molecular complexity index is 871. The van der Waals surface area contributed by atoms with Crippen LogP contribution in [0.2, 0.25) is 0 Å². The van der Waals surface area contributed by atoms with Gasteiger partial charge in [-0.05, 0) is 56.2 Å². The van der Waals surface area contributed by atoms with Gasteiger partial charge in [0.05, 0.1) is 12.7 Å². The van der Waals surface area contributed by atoms with E-state index in [1.165, 1.54) is 0 Å². The maximum atomic E-state index is 12.2. The molecule has 5 heteroatoms. The van der Waals surface area contributed by atoms with Crippen molar-refractivity contribution in [3.63, 3.8) is 0 Å². The fraction of sp³-hybridized carbons (Fsp3) is 0.273. The predicted octanol–water partition coefficient (Wildman–Crippen LogP) is 4.61. The molecule has 1 unspecified atom stereocenters. The molecule has 5 nitrogen and oxygen atoms in total. The standard InChI is InChI=1S/C22H23NO4/c1-4-15(3)26-19-12-11-16(14-20(19)25-5-2)13-18-22(24)27-21(23-18)17-9-7-6-8-10-17/h6-15H,4-5H2,1-3H3/b18-13-. The maximum Gasteiger partial charge on any atom is 0.363 e. The molecule has 0 saturated heterocycles. The average molecular weight is 365 g/mol. The van der Waals surface area contributed by atoms with Crippen LogP contribution in [0.25, 0.3) is 6.08 Å². The second-order valence-corrected chi connectivity index (χ2v) is 6.18. The molecule has 0 amide bonds. The SMILES string of the molecule is CCOc1cc(/C=C2\N=C(c3ccccc3)OC2=O)ccc1OC(C)CC. The number of ether oxygens (including phenoxy) is 3. The van der Waals surface area contributed by atoms with Crippen molar-refractivity contribution in [3.8, 4) is 11.5 Å². The van der Waals surface area contributed by atoms with Gasteiger partial charge in [0.1, 0.15) is 0 Å². The Balaban J connectivity index is 1.88. The minimum absolute atomic E-state index is 0.0938. The number of hydrogen-bond acceptors (Lipinski definition) is 5. The van der Waals surface area contributed by atoms with E-state index in [1.54, 1.807) is 6.08 Å². The summed E-state index contributed by atoms with van der Waals surface area (Å²) in [4.78, 5) is 16.5. The summed E-state index contributed by atoms with van der Waals surface area (Å²) >= 11 is 0. The van der Waals surface area contributed by atoms with Crippen molar-refractivity contribution < 1.29 is 19.0 Å². The van der Waals surface area contributed by atoms with E-state index in [9.17, 15) is 4.79 Å². The molecule has 0 spiro atoms. The van der Waals surface area contributed by atoms with E-state index in [0.717, 1.165) is 17.5 Å². The summed E-state index contributed by atoms with van der Waals surface area (Å²) in [7, 11) is 0. The van der Waals surface area contributed by atoms with Crippen molar-refractivity contribution >= 4 is 17.9 Å². The smallest absolute Gasteiger partial charge is 0.363 e. The molecular weight excluding hydrogens is 342 g/mol. The van der Waals surface area contributed by atoms with Gasteiger partial charge >= 0.3 is 5.97 Å². The first kappa shape index (κ1) is 18.7. The van der Waals surface area contributed by atoms with Crippen molar-refractivity contribution in [2.24, 2.45) is 4.99 Å². The molecule has 2 aromatic carbocycles. The summed E-state index contributed by atoms with van der Waals surface area (Å²) in [5.41, 5.74) is 1.81. The molecule has 1 heterocycles. The molecule has 3 rings (SSSR count). The minimum atomic E-state index is -0.466. The molecule has 27 heavy (non-hydrogen) atoms. The number of cyclic esters (lactones) is 1. The summed E-state index contributed by atoms with van der Waals surface area (Å²) in [6.07, 6.45) is 2.69. The topological polar surface area (TPSA) is 57.1 Å². The van der Waals surface area contributed by atoms with Crippen molar-refractivity contribution in [2.75, 3.05) is 6.61 Å². The van der Waals surface area contributed by atoms with E-state index in [0.29, 0.717) is 24.0 Å². The molecule has 0 aromatic heterocycles. The van der Waals surface area contributed by atoms with E-state index in [1.807, 2.05) is 62.4 Å². The number of rotatable bonds is 7. The third kappa shape index (κ3) is 4.56. The van der Waals surface area contributed by atoms with Crippen LogP contribution in [0.15, 0.2) is 59.2 Å². The number of carbonyl (C=O) groups is 1. The number of esters is 1. The first-order valence-electron chi connectivity index (χ1n) is 9.12. The first-order valence-corrected chi connectivity index (χ1v) is 9.12. The van der Waals surface area contributed by atoms with Gasteiger partial charge < -0.3 is 14.2 Å². The molecule has 0 N–H and O–H groups in total. The second-order valence-electron chi connectivity index (χ2n) is 6.18. The highest BCUT2D eigenvalue weighted by atomic mass is 16.6. The third-order valence-electron chi connectivity index (χ3n) is 4.12. The molecule has 2 aromatic rings. The molecule has 0 bridgehead atoms. The van der Waals surface area contributed by atoms with Gasteiger partial charge in [-0.3, -0.25) is 0 Å². The summed E-state index contributed by atoms with van der Waals surface area (Å²) < 4.78 is 16.9. The van der Waals surface area contributed by atoms with Crippen LogP contribution in [0.5, 0.6) is 11.5 Å². The van der Waals surface area contributed by atoms with Crippen molar-refractivity contribution in [1.82, 2.24) is 0 Å². The third-order valence-corrected chi connectivity index (χ3v) is 4.12. The zero-order chi connectivity index (χ0) is 19.2. The summed E-state index contributed by atoms with van der Waals surface area (Å²) in [5.74, 6) is 1.18.